The van der Waals surface area contributed by atoms with Gasteiger partial charge in [0, 0.05) is 34.4 Å². The van der Waals surface area contributed by atoms with Crippen molar-refractivity contribution in [2.75, 3.05) is 10.2 Å². The summed E-state index contributed by atoms with van der Waals surface area (Å²) in [5.74, 6) is -1.65. The van der Waals surface area contributed by atoms with Gasteiger partial charge in [-0.15, -0.1) is 0 Å². The van der Waals surface area contributed by atoms with Crippen molar-refractivity contribution in [2.45, 2.75) is 24.4 Å². The number of pyridine rings is 1. The Balaban J connectivity index is 1.67. The molecule has 4 heterocycles. The van der Waals surface area contributed by atoms with E-state index in [1.54, 1.807) is 30.6 Å². The topological polar surface area (TPSA) is 79.4 Å². The van der Waals surface area contributed by atoms with Gasteiger partial charge in [-0.05, 0) is 54.4 Å². The summed E-state index contributed by atoms with van der Waals surface area (Å²) >= 11 is 6.24. The number of carbonyl (C=O) groups is 3. The first-order valence-corrected chi connectivity index (χ1v) is 11.4. The summed E-state index contributed by atoms with van der Waals surface area (Å²) in [6.45, 7) is 1.49. The summed E-state index contributed by atoms with van der Waals surface area (Å²) in [4.78, 5) is 47.3. The molecule has 168 valence electrons. The first kappa shape index (κ1) is 20.8. The number of nitrogens with one attached hydrogen (secondary N) is 1. The molecule has 0 unspecified atom stereocenters. The largest absolute Gasteiger partial charge is 0.352 e. The number of rotatable bonds is 3. The minimum atomic E-state index is -1.28. The van der Waals surface area contributed by atoms with Crippen LogP contribution in [0.5, 0.6) is 0 Å². The number of fused-ring (bicyclic) bond motifs is 6. The molecule has 0 aliphatic carbocycles. The summed E-state index contributed by atoms with van der Waals surface area (Å²) < 4.78 is 0. The number of para-hydroxylation sites is 1. The maximum Gasteiger partial charge on any atom is 0.238 e. The van der Waals surface area contributed by atoms with Crippen LogP contribution < -0.4 is 10.2 Å². The van der Waals surface area contributed by atoms with Crippen molar-refractivity contribution in [1.82, 2.24) is 4.98 Å². The van der Waals surface area contributed by atoms with E-state index in [1.807, 2.05) is 53.5 Å². The second-order valence-corrected chi connectivity index (χ2v) is 9.35. The molecule has 0 saturated carbocycles. The van der Waals surface area contributed by atoms with Gasteiger partial charge in [-0.25, -0.2) is 0 Å². The monoisotopic (exact) mass is 469 g/mol. The lowest BCUT2D eigenvalue weighted by molar-refractivity contribution is -0.122. The molecule has 1 N–H and O–H groups in total. The summed E-state index contributed by atoms with van der Waals surface area (Å²) in [5, 5.41) is 3.57. The average Bonchev–Trinajstić information content (AvgIpc) is 3.32. The van der Waals surface area contributed by atoms with Crippen LogP contribution >= 0.6 is 11.6 Å². The number of aromatic nitrogens is 1. The van der Waals surface area contributed by atoms with Gasteiger partial charge in [0.2, 0.25) is 5.91 Å². The fraction of sp³-hybridized carbons (Fsp3) is 0.185. The molecule has 1 aromatic heterocycles. The molecule has 3 aliphatic rings. The van der Waals surface area contributed by atoms with Crippen molar-refractivity contribution < 1.29 is 14.4 Å². The van der Waals surface area contributed by atoms with Gasteiger partial charge in [0.1, 0.15) is 5.41 Å². The highest BCUT2D eigenvalue weighted by Gasteiger charge is 2.69. The number of carbonyl (C=O) groups excluding carboxylic acids is 3. The Morgan fingerprint density at radius 1 is 1.09 bits per heavy atom. The van der Waals surface area contributed by atoms with Crippen LogP contribution in [0.4, 0.5) is 11.4 Å². The zero-order chi connectivity index (χ0) is 23.6. The summed E-state index contributed by atoms with van der Waals surface area (Å²) in [6.07, 6.45) is 6.95. The van der Waals surface area contributed by atoms with Crippen LogP contribution in [0.25, 0.3) is 6.08 Å². The lowest BCUT2D eigenvalue weighted by atomic mass is 9.64. The molecule has 2 aromatic carbocycles. The SMILES string of the molecule is CC(=O)[C@@H]1[C@H](C(=O)c2ccncc2)[C@@]2(C(=O)Nc3ccccc32)[C@@H]2C=Cc3cc(Cl)ccc3N12. The fourth-order valence-electron chi connectivity index (χ4n) is 6.00. The number of benzene rings is 2. The molecular weight excluding hydrogens is 450 g/mol. The molecule has 0 bridgehead atoms. The van der Waals surface area contributed by atoms with Gasteiger partial charge in [-0.3, -0.25) is 19.4 Å². The molecule has 6 nitrogen and oxygen atoms in total. The highest BCUT2D eigenvalue weighted by atomic mass is 35.5. The molecular formula is C27H20ClN3O3. The number of anilines is 2. The predicted octanol–water partition coefficient (Wildman–Crippen LogP) is 4.30. The highest BCUT2D eigenvalue weighted by molar-refractivity contribution is 6.31. The maximum atomic E-state index is 14.2. The Morgan fingerprint density at radius 2 is 1.85 bits per heavy atom. The number of hydrogen-bond acceptors (Lipinski definition) is 5. The Morgan fingerprint density at radius 3 is 2.62 bits per heavy atom. The van der Waals surface area contributed by atoms with Gasteiger partial charge in [-0.2, -0.15) is 0 Å². The smallest absolute Gasteiger partial charge is 0.238 e. The summed E-state index contributed by atoms with van der Waals surface area (Å²) in [7, 11) is 0. The van der Waals surface area contributed by atoms with Crippen LogP contribution in [0.2, 0.25) is 5.02 Å². The number of halogens is 1. The summed E-state index contributed by atoms with van der Waals surface area (Å²) in [5.41, 5.74) is 2.16. The number of hydrogen-bond donors (Lipinski definition) is 1. The normalized spacial score (nSPS) is 26.1. The highest BCUT2D eigenvalue weighted by Crippen LogP contribution is 2.57. The van der Waals surface area contributed by atoms with Crippen molar-refractivity contribution in [3.8, 4) is 0 Å². The van der Waals surface area contributed by atoms with E-state index in [-0.39, 0.29) is 17.5 Å². The molecule has 34 heavy (non-hydrogen) atoms. The minimum Gasteiger partial charge on any atom is -0.352 e. The molecule has 1 amide bonds. The zero-order valence-electron chi connectivity index (χ0n) is 18.2. The predicted molar refractivity (Wildman–Crippen MR) is 130 cm³/mol. The molecule has 1 saturated heterocycles. The van der Waals surface area contributed by atoms with Crippen LogP contribution in [0.3, 0.4) is 0 Å². The fourth-order valence-corrected chi connectivity index (χ4v) is 6.18. The first-order chi connectivity index (χ1) is 16.4. The number of ketones is 2. The molecule has 3 aromatic rings. The first-order valence-electron chi connectivity index (χ1n) is 11.1. The average molecular weight is 470 g/mol. The quantitative estimate of drug-likeness (QED) is 0.579. The third kappa shape index (κ3) is 2.63. The van der Waals surface area contributed by atoms with E-state index in [4.69, 9.17) is 11.6 Å². The molecule has 7 heteroatoms. The molecule has 4 atom stereocenters. The standard InChI is InChI=1S/C27H20ClN3O3/c1-15(32)24-23(25(33)16-10-12-29-13-11-16)27(19-4-2-3-5-20(19)30-26(27)34)22-9-6-17-14-18(28)7-8-21(17)31(22)24/h2-14,22-24H,1H3,(H,30,34)/t22-,23+,24+,27-/m0/s1. The van der Waals surface area contributed by atoms with Crippen LogP contribution in [0.15, 0.2) is 73.1 Å². The van der Waals surface area contributed by atoms with Gasteiger partial charge in [0.15, 0.2) is 11.6 Å². The Labute approximate surface area is 201 Å². The lowest BCUT2D eigenvalue weighted by Crippen LogP contribution is -2.51. The van der Waals surface area contributed by atoms with Gasteiger partial charge in [0.25, 0.3) is 0 Å². The van der Waals surface area contributed by atoms with Crippen molar-refractivity contribution in [3.05, 3.63) is 94.8 Å². The van der Waals surface area contributed by atoms with Crippen molar-refractivity contribution in [3.63, 3.8) is 0 Å². The van der Waals surface area contributed by atoms with Gasteiger partial charge in [0.05, 0.1) is 18.0 Å². The Kier molecular flexibility index (Phi) is 4.51. The van der Waals surface area contributed by atoms with Crippen molar-refractivity contribution in [2.24, 2.45) is 5.92 Å². The lowest BCUT2D eigenvalue weighted by Gasteiger charge is -2.37. The maximum absolute atomic E-state index is 14.2. The molecule has 3 aliphatic heterocycles. The van der Waals surface area contributed by atoms with E-state index >= 15 is 0 Å². The van der Waals surface area contributed by atoms with E-state index in [2.05, 4.69) is 10.3 Å². The zero-order valence-corrected chi connectivity index (χ0v) is 19.0. The summed E-state index contributed by atoms with van der Waals surface area (Å²) in [6, 6.07) is 14.8. The van der Waals surface area contributed by atoms with E-state index < -0.39 is 23.4 Å². The molecule has 6 rings (SSSR count). The second kappa shape index (κ2) is 7.37. The van der Waals surface area contributed by atoms with E-state index in [9.17, 15) is 14.4 Å². The van der Waals surface area contributed by atoms with Gasteiger partial charge < -0.3 is 10.2 Å². The molecule has 1 fully saturated rings. The van der Waals surface area contributed by atoms with Crippen LogP contribution in [-0.4, -0.2) is 34.5 Å². The number of nitrogens with zero attached hydrogens (tertiary/aromatic N) is 2. The molecule has 0 radical (unpaired) electrons. The second-order valence-electron chi connectivity index (χ2n) is 8.92. The Bertz CT molecular complexity index is 1400. The van der Waals surface area contributed by atoms with E-state index in [0.717, 1.165) is 16.8 Å². The van der Waals surface area contributed by atoms with Crippen LogP contribution in [-0.2, 0) is 15.0 Å². The number of amides is 1. The van der Waals surface area contributed by atoms with Crippen LogP contribution in [0, 0.1) is 5.92 Å². The van der Waals surface area contributed by atoms with E-state index in [1.165, 1.54) is 6.92 Å². The van der Waals surface area contributed by atoms with Crippen molar-refractivity contribution >= 4 is 46.5 Å². The van der Waals surface area contributed by atoms with Gasteiger partial charge in [-0.1, -0.05) is 42.0 Å². The number of Topliss-reactive ketones (excluding diaryl/α,β-unsaturated/α-hetero) is 2. The minimum absolute atomic E-state index is 0.178. The Hall–Kier alpha value is -3.77. The van der Waals surface area contributed by atoms with Crippen molar-refractivity contribution in [1.29, 1.82) is 0 Å². The third-order valence-corrected chi connectivity index (χ3v) is 7.49. The van der Waals surface area contributed by atoms with E-state index in [0.29, 0.717) is 16.3 Å². The van der Waals surface area contributed by atoms with Gasteiger partial charge >= 0.3 is 0 Å². The van der Waals surface area contributed by atoms with Crippen LogP contribution in [0.1, 0.15) is 28.4 Å². The third-order valence-electron chi connectivity index (χ3n) is 7.26. The molecule has 1 spiro atoms.